The van der Waals surface area contributed by atoms with Gasteiger partial charge in [-0.1, -0.05) is 5.16 Å². The molecule has 0 radical (unpaired) electrons. The molecule has 1 N–H and O–H groups in total. The molecule has 2 aromatic rings. The lowest BCUT2D eigenvalue weighted by Gasteiger charge is -2.11. The van der Waals surface area contributed by atoms with Crippen LogP contribution in [0.25, 0.3) is 0 Å². The predicted molar refractivity (Wildman–Crippen MR) is 68.4 cm³/mol. The third-order valence-corrected chi connectivity index (χ3v) is 2.75. The van der Waals surface area contributed by atoms with Crippen LogP contribution in [0, 0.1) is 20.8 Å². The zero-order valence-corrected chi connectivity index (χ0v) is 11.1. The van der Waals surface area contributed by atoms with Crippen molar-refractivity contribution in [3.8, 4) is 5.75 Å². The highest BCUT2D eigenvalue weighted by Crippen LogP contribution is 2.25. The summed E-state index contributed by atoms with van der Waals surface area (Å²) in [4.78, 5) is 10.9. The maximum atomic E-state index is 10.9. The van der Waals surface area contributed by atoms with Gasteiger partial charge in [0, 0.05) is 6.07 Å². The number of nitrogens with zero attached hydrogens (tertiary/aromatic N) is 1. The van der Waals surface area contributed by atoms with Crippen LogP contribution < -0.4 is 4.74 Å². The number of carboxylic acid groups (broad SMARTS) is 1. The Kier molecular flexibility index (Phi) is 3.55. The van der Waals surface area contributed by atoms with Crippen molar-refractivity contribution >= 4 is 5.97 Å². The second-order valence-corrected chi connectivity index (χ2v) is 4.46. The number of aryl methyl sites for hydroxylation is 3. The fourth-order valence-electron chi connectivity index (χ4n) is 1.93. The largest absolute Gasteiger partial charge is 0.487 e. The van der Waals surface area contributed by atoms with Gasteiger partial charge in [-0.15, -0.1) is 0 Å². The Balaban J connectivity index is 2.18. The number of ether oxygens (including phenoxy) is 1. The average Bonchev–Trinajstić information content (AvgIpc) is 2.73. The highest BCUT2D eigenvalue weighted by molar-refractivity contribution is 5.88. The molecule has 0 aliphatic rings. The van der Waals surface area contributed by atoms with Gasteiger partial charge in [-0.3, -0.25) is 0 Å². The number of carbonyl (C=O) groups is 1. The number of hydrogen-bond donors (Lipinski definition) is 1. The molecule has 0 spiro atoms. The molecule has 5 nitrogen and oxygen atoms in total. The van der Waals surface area contributed by atoms with Gasteiger partial charge in [-0.2, -0.15) is 0 Å². The summed E-state index contributed by atoms with van der Waals surface area (Å²) in [7, 11) is 0. The molecule has 1 aromatic heterocycles. The van der Waals surface area contributed by atoms with Crippen molar-refractivity contribution in [2.75, 3.05) is 0 Å². The van der Waals surface area contributed by atoms with Gasteiger partial charge < -0.3 is 14.4 Å². The van der Waals surface area contributed by atoms with Crippen LogP contribution in [0.1, 0.15) is 32.9 Å². The second kappa shape index (κ2) is 5.14. The van der Waals surface area contributed by atoms with Crippen LogP contribution in [-0.2, 0) is 6.61 Å². The molecular formula is C14H15NO4. The van der Waals surface area contributed by atoms with Crippen molar-refractivity contribution in [3.05, 3.63) is 46.3 Å². The molecule has 1 heterocycles. The Hall–Kier alpha value is -2.30. The standard InChI is InChI=1S/C14H15NO4/c1-8-4-11(14(16)17)5-9(2)13(8)18-7-12-6-10(3)19-15-12/h4-6H,7H2,1-3H3,(H,16,17). The SMILES string of the molecule is Cc1cc(COc2c(C)cc(C(=O)O)cc2C)no1. The minimum atomic E-state index is -0.940. The minimum absolute atomic E-state index is 0.264. The van der Waals surface area contributed by atoms with Gasteiger partial charge in [0.2, 0.25) is 0 Å². The van der Waals surface area contributed by atoms with Crippen molar-refractivity contribution in [2.24, 2.45) is 0 Å². The van der Waals surface area contributed by atoms with Gasteiger partial charge in [-0.25, -0.2) is 4.79 Å². The second-order valence-electron chi connectivity index (χ2n) is 4.46. The Morgan fingerprint density at radius 2 is 1.89 bits per heavy atom. The summed E-state index contributed by atoms with van der Waals surface area (Å²) in [5.74, 6) is 0.476. The lowest BCUT2D eigenvalue weighted by molar-refractivity contribution is 0.0696. The summed E-state index contributed by atoms with van der Waals surface area (Å²) in [6.45, 7) is 5.76. The van der Waals surface area contributed by atoms with Crippen molar-refractivity contribution in [1.82, 2.24) is 5.16 Å². The van der Waals surface area contributed by atoms with E-state index in [9.17, 15) is 4.79 Å². The highest BCUT2D eigenvalue weighted by atomic mass is 16.5. The monoisotopic (exact) mass is 261 g/mol. The minimum Gasteiger partial charge on any atom is -0.487 e. The third kappa shape index (κ3) is 2.93. The lowest BCUT2D eigenvalue weighted by Crippen LogP contribution is -2.03. The number of hydrogen-bond acceptors (Lipinski definition) is 4. The van der Waals surface area contributed by atoms with Gasteiger partial charge >= 0.3 is 5.97 Å². The molecule has 0 aliphatic carbocycles. The van der Waals surface area contributed by atoms with E-state index in [1.807, 2.05) is 20.8 Å². The van der Waals surface area contributed by atoms with E-state index in [1.54, 1.807) is 18.2 Å². The van der Waals surface area contributed by atoms with E-state index in [0.29, 0.717) is 18.1 Å². The number of aromatic nitrogens is 1. The Bertz CT molecular complexity index is 593. The van der Waals surface area contributed by atoms with E-state index in [4.69, 9.17) is 14.4 Å². The molecule has 0 amide bonds. The summed E-state index contributed by atoms with van der Waals surface area (Å²) in [5.41, 5.74) is 2.55. The van der Waals surface area contributed by atoms with Gasteiger partial charge in [-0.05, 0) is 44.0 Å². The van der Waals surface area contributed by atoms with E-state index in [0.717, 1.165) is 16.9 Å². The molecule has 0 fully saturated rings. The molecule has 1 aromatic carbocycles. The Morgan fingerprint density at radius 1 is 1.26 bits per heavy atom. The highest BCUT2D eigenvalue weighted by Gasteiger charge is 2.11. The predicted octanol–water partition coefficient (Wildman–Crippen LogP) is 2.88. The quantitative estimate of drug-likeness (QED) is 0.916. The molecule has 0 bridgehead atoms. The van der Waals surface area contributed by atoms with Crippen molar-refractivity contribution in [2.45, 2.75) is 27.4 Å². The van der Waals surface area contributed by atoms with E-state index >= 15 is 0 Å². The van der Waals surface area contributed by atoms with Crippen molar-refractivity contribution in [1.29, 1.82) is 0 Å². The fraction of sp³-hybridized carbons (Fsp3) is 0.286. The van der Waals surface area contributed by atoms with Crippen molar-refractivity contribution < 1.29 is 19.2 Å². The molecule has 0 unspecified atom stereocenters. The van der Waals surface area contributed by atoms with Crippen LogP contribution in [0.4, 0.5) is 0 Å². The first kappa shape index (κ1) is 13.1. The van der Waals surface area contributed by atoms with E-state index in [-0.39, 0.29) is 5.56 Å². The number of rotatable bonds is 4. The molecule has 2 rings (SSSR count). The molecule has 19 heavy (non-hydrogen) atoms. The number of carboxylic acids is 1. The molecule has 5 heteroatoms. The summed E-state index contributed by atoms with van der Waals surface area (Å²) in [6.07, 6.45) is 0. The van der Waals surface area contributed by atoms with E-state index in [1.165, 1.54) is 0 Å². The van der Waals surface area contributed by atoms with Crippen LogP contribution in [0.3, 0.4) is 0 Å². The Labute approximate surface area is 110 Å². The summed E-state index contributed by atoms with van der Waals surface area (Å²) < 4.78 is 10.6. The summed E-state index contributed by atoms with van der Waals surface area (Å²) in [6, 6.07) is 4.99. The van der Waals surface area contributed by atoms with Gasteiger partial charge in [0.05, 0.1) is 5.56 Å². The van der Waals surface area contributed by atoms with Crippen LogP contribution in [0.15, 0.2) is 22.7 Å². The fourth-order valence-corrected chi connectivity index (χ4v) is 1.93. The van der Waals surface area contributed by atoms with Crippen LogP contribution in [0.5, 0.6) is 5.75 Å². The smallest absolute Gasteiger partial charge is 0.335 e. The van der Waals surface area contributed by atoms with E-state index < -0.39 is 5.97 Å². The molecule has 0 saturated heterocycles. The maximum Gasteiger partial charge on any atom is 0.335 e. The zero-order chi connectivity index (χ0) is 14.0. The summed E-state index contributed by atoms with van der Waals surface area (Å²) >= 11 is 0. The molecular weight excluding hydrogens is 246 g/mol. The molecule has 100 valence electrons. The van der Waals surface area contributed by atoms with Gasteiger partial charge in [0.15, 0.2) is 0 Å². The van der Waals surface area contributed by atoms with Gasteiger partial charge in [0.25, 0.3) is 0 Å². The lowest BCUT2D eigenvalue weighted by atomic mass is 10.1. The van der Waals surface area contributed by atoms with Crippen LogP contribution in [0.2, 0.25) is 0 Å². The molecule has 0 aliphatic heterocycles. The first-order chi connectivity index (χ1) is 8.97. The number of aromatic carboxylic acids is 1. The van der Waals surface area contributed by atoms with Gasteiger partial charge in [0.1, 0.15) is 23.8 Å². The molecule has 0 saturated carbocycles. The van der Waals surface area contributed by atoms with Crippen molar-refractivity contribution in [3.63, 3.8) is 0 Å². The van der Waals surface area contributed by atoms with Crippen LogP contribution in [-0.4, -0.2) is 16.2 Å². The molecule has 0 atom stereocenters. The average molecular weight is 261 g/mol. The van der Waals surface area contributed by atoms with Crippen LogP contribution >= 0.6 is 0 Å². The topological polar surface area (TPSA) is 72.6 Å². The Morgan fingerprint density at radius 3 is 2.37 bits per heavy atom. The summed E-state index contributed by atoms with van der Waals surface area (Å²) in [5, 5.41) is 12.8. The zero-order valence-electron chi connectivity index (χ0n) is 11.1. The van der Waals surface area contributed by atoms with E-state index in [2.05, 4.69) is 5.16 Å². The first-order valence-electron chi connectivity index (χ1n) is 5.87. The number of benzene rings is 1. The first-order valence-corrected chi connectivity index (χ1v) is 5.87. The normalized spacial score (nSPS) is 10.5. The third-order valence-electron chi connectivity index (χ3n) is 2.75. The maximum absolute atomic E-state index is 10.9.